The molecule has 0 aliphatic heterocycles. The van der Waals surface area contributed by atoms with E-state index in [0.717, 1.165) is 15.6 Å². The van der Waals surface area contributed by atoms with Gasteiger partial charge in [0.25, 0.3) is 0 Å². The summed E-state index contributed by atoms with van der Waals surface area (Å²) in [5.74, 6) is 0.577. The minimum absolute atomic E-state index is 0.104. The second-order valence-electron chi connectivity index (χ2n) is 5.92. The van der Waals surface area contributed by atoms with E-state index in [2.05, 4.69) is 21.1 Å². The number of hydrogen-bond acceptors (Lipinski definition) is 4. The topological polar surface area (TPSA) is 55.5 Å². The molecule has 0 saturated carbocycles. The lowest BCUT2D eigenvalue weighted by atomic mass is 10.0. The summed E-state index contributed by atoms with van der Waals surface area (Å²) in [6, 6.07) is 17.6. The van der Waals surface area contributed by atoms with Gasteiger partial charge in [-0.15, -0.1) is 0 Å². The van der Waals surface area contributed by atoms with Crippen molar-refractivity contribution < 1.29 is 14.4 Å². The van der Waals surface area contributed by atoms with Gasteiger partial charge in [0.1, 0.15) is 6.10 Å². The molecule has 0 fully saturated rings. The van der Waals surface area contributed by atoms with Crippen molar-refractivity contribution in [2.45, 2.75) is 26.1 Å². The van der Waals surface area contributed by atoms with Gasteiger partial charge >= 0.3 is 0 Å². The van der Waals surface area contributed by atoms with Gasteiger partial charge in [0.05, 0.1) is 24.0 Å². The van der Waals surface area contributed by atoms with Gasteiger partial charge < -0.3 is 14.4 Å². The van der Waals surface area contributed by atoms with Crippen LogP contribution in [0.5, 0.6) is 0 Å². The van der Waals surface area contributed by atoms with Crippen LogP contribution >= 0.6 is 15.9 Å². The summed E-state index contributed by atoms with van der Waals surface area (Å²) in [6.07, 6.45) is -0.914. The molecular formula is C20H20BrNO3. The summed E-state index contributed by atoms with van der Waals surface area (Å²) >= 11 is 3.42. The van der Waals surface area contributed by atoms with Gasteiger partial charge in [-0.25, -0.2) is 0 Å². The highest BCUT2D eigenvalue weighted by atomic mass is 79.9. The molecule has 0 bridgehead atoms. The molecule has 1 aromatic heterocycles. The molecule has 1 N–H and O–H groups in total. The summed E-state index contributed by atoms with van der Waals surface area (Å²) < 4.78 is 12.3. The molecule has 0 radical (unpaired) electrons. The number of hydrogen-bond donors (Lipinski definition) is 1. The molecule has 2 aromatic carbocycles. The Labute approximate surface area is 155 Å². The Bertz CT molecular complexity index is 815. The molecule has 2 atom stereocenters. The van der Waals surface area contributed by atoms with Crippen LogP contribution in [-0.2, 0) is 4.74 Å². The van der Waals surface area contributed by atoms with Crippen molar-refractivity contribution in [1.82, 2.24) is 5.16 Å². The maximum atomic E-state index is 10.6. The lowest BCUT2D eigenvalue weighted by Crippen LogP contribution is -2.11. The zero-order chi connectivity index (χ0) is 17.8. The van der Waals surface area contributed by atoms with Gasteiger partial charge in [0.2, 0.25) is 0 Å². The predicted molar refractivity (Wildman–Crippen MR) is 100 cm³/mol. The number of aliphatic hydroxyl groups is 1. The van der Waals surface area contributed by atoms with Crippen LogP contribution in [0, 0.1) is 6.92 Å². The summed E-state index contributed by atoms with van der Waals surface area (Å²) in [5.41, 5.74) is 3.28. The Morgan fingerprint density at radius 2 is 1.80 bits per heavy atom. The quantitative estimate of drug-likeness (QED) is 0.614. The van der Waals surface area contributed by atoms with Gasteiger partial charge in [-0.05, 0) is 31.5 Å². The monoisotopic (exact) mass is 401 g/mol. The summed E-state index contributed by atoms with van der Waals surface area (Å²) in [5, 5.41) is 14.7. The fourth-order valence-corrected chi connectivity index (χ4v) is 2.98. The first kappa shape index (κ1) is 17.9. The van der Waals surface area contributed by atoms with E-state index in [1.54, 1.807) is 0 Å². The SMILES string of the molecule is Cc1noc(-c2ccc(Br)cc2)c1C(O)COC(C)c1ccccc1. The smallest absolute Gasteiger partial charge is 0.173 e. The van der Waals surface area contributed by atoms with Crippen molar-refractivity contribution in [2.75, 3.05) is 6.61 Å². The zero-order valence-corrected chi connectivity index (χ0v) is 15.7. The summed E-state index contributed by atoms with van der Waals surface area (Å²) in [7, 11) is 0. The first-order chi connectivity index (χ1) is 12.1. The molecule has 3 rings (SSSR count). The van der Waals surface area contributed by atoms with E-state index in [1.165, 1.54) is 0 Å². The van der Waals surface area contributed by atoms with Gasteiger partial charge in [0, 0.05) is 10.0 Å². The third kappa shape index (κ3) is 4.18. The number of aliphatic hydroxyl groups excluding tert-OH is 1. The number of nitrogens with zero attached hydrogens (tertiary/aromatic N) is 1. The van der Waals surface area contributed by atoms with Crippen LogP contribution in [0.15, 0.2) is 63.6 Å². The first-order valence-electron chi connectivity index (χ1n) is 8.13. The second kappa shape index (κ2) is 7.95. The van der Waals surface area contributed by atoms with Crippen molar-refractivity contribution >= 4 is 15.9 Å². The van der Waals surface area contributed by atoms with Crippen LogP contribution in [0.4, 0.5) is 0 Å². The fourth-order valence-electron chi connectivity index (χ4n) is 2.72. The minimum Gasteiger partial charge on any atom is -0.386 e. The van der Waals surface area contributed by atoms with Crippen LogP contribution in [-0.4, -0.2) is 16.9 Å². The minimum atomic E-state index is -0.809. The lowest BCUT2D eigenvalue weighted by molar-refractivity contribution is -0.00374. The van der Waals surface area contributed by atoms with Gasteiger partial charge in [-0.1, -0.05) is 63.6 Å². The maximum Gasteiger partial charge on any atom is 0.173 e. The Morgan fingerprint density at radius 3 is 2.48 bits per heavy atom. The van der Waals surface area contributed by atoms with Crippen molar-refractivity contribution in [1.29, 1.82) is 0 Å². The van der Waals surface area contributed by atoms with Crippen LogP contribution in [0.1, 0.15) is 36.0 Å². The first-order valence-corrected chi connectivity index (χ1v) is 8.92. The molecule has 1 heterocycles. The summed E-state index contributed by atoms with van der Waals surface area (Å²) in [4.78, 5) is 0. The average Bonchev–Trinajstić information content (AvgIpc) is 3.02. The number of aromatic nitrogens is 1. The van der Waals surface area contributed by atoms with Crippen molar-refractivity contribution in [3.8, 4) is 11.3 Å². The fraction of sp³-hybridized carbons (Fsp3) is 0.250. The number of aryl methyl sites for hydroxylation is 1. The van der Waals surface area contributed by atoms with E-state index in [4.69, 9.17) is 9.26 Å². The predicted octanol–water partition coefficient (Wildman–Crippen LogP) is 5.22. The van der Waals surface area contributed by atoms with Gasteiger partial charge in [-0.3, -0.25) is 0 Å². The third-order valence-electron chi connectivity index (χ3n) is 4.12. The number of ether oxygens (including phenoxy) is 1. The average molecular weight is 402 g/mol. The number of rotatable bonds is 6. The Balaban J connectivity index is 1.75. The van der Waals surface area contributed by atoms with Crippen molar-refractivity contribution in [3.05, 3.63) is 75.9 Å². The van der Waals surface area contributed by atoms with E-state index in [0.29, 0.717) is 17.0 Å². The number of benzene rings is 2. The molecule has 0 aliphatic rings. The molecule has 3 aromatic rings. The summed E-state index contributed by atoms with van der Waals surface area (Å²) in [6.45, 7) is 3.96. The standard InChI is InChI=1S/C20H20BrNO3/c1-13-19(20(25-22-13)16-8-10-17(21)11-9-16)18(23)12-24-14(2)15-6-4-3-5-7-15/h3-11,14,18,23H,12H2,1-2H3. The lowest BCUT2D eigenvalue weighted by Gasteiger charge is -2.17. The van der Waals surface area contributed by atoms with Crippen LogP contribution in [0.25, 0.3) is 11.3 Å². The normalized spacial score (nSPS) is 13.6. The zero-order valence-electron chi connectivity index (χ0n) is 14.1. The van der Waals surface area contributed by atoms with Crippen molar-refractivity contribution in [3.63, 3.8) is 0 Å². The molecule has 0 amide bonds. The molecule has 4 nitrogen and oxygen atoms in total. The molecule has 0 aliphatic carbocycles. The van der Waals surface area contributed by atoms with Gasteiger partial charge in [-0.2, -0.15) is 0 Å². The second-order valence-corrected chi connectivity index (χ2v) is 6.84. The molecule has 0 spiro atoms. The van der Waals surface area contributed by atoms with E-state index in [1.807, 2.05) is 68.4 Å². The van der Waals surface area contributed by atoms with Crippen molar-refractivity contribution in [2.24, 2.45) is 0 Å². The van der Waals surface area contributed by atoms with Crippen LogP contribution in [0.2, 0.25) is 0 Å². The highest BCUT2D eigenvalue weighted by Crippen LogP contribution is 2.32. The Morgan fingerprint density at radius 1 is 1.12 bits per heavy atom. The van der Waals surface area contributed by atoms with E-state index < -0.39 is 6.10 Å². The molecule has 25 heavy (non-hydrogen) atoms. The molecule has 5 heteroatoms. The number of halogens is 1. The van der Waals surface area contributed by atoms with Crippen LogP contribution < -0.4 is 0 Å². The third-order valence-corrected chi connectivity index (χ3v) is 4.65. The Hall–Kier alpha value is -1.95. The molecular weight excluding hydrogens is 382 g/mol. The van der Waals surface area contributed by atoms with E-state index in [-0.39, 0.29) is 12.7 Å². The highest BCUT2D eigenvalue weighted by Gasteiger charge is 2.23. The Kier molecular flexibility index (Phi) is 5.68. The van der Waals surface area contributed by atoms with E-state index >= 15 is 0 Å². The molecule has 2 unspecified atom stereocenters. The molecule has 130 valence electrons. The molecule has 0 saturated heterocycles. The largest absolute Gasteiger partial charge is 0.386 e. The van der Waals surface area contributed by atoms with Crippen LogP contribution in [0.3, 0.4) is 0 Å². The van der Waals surface area contributed by atoms with Gasteiger partial charge in [0.15, 0.2) is 5.76 Å². The van der Waals surface area contributed by atoms with E-state index in [9.17, 15) is 5.11 Å². The maximum absolute atomic E-state index is 10.6. The highest BCUT2D eigenvalue weighted by molar-refractivity contribution is 9.10.